The Hall–Kier alpha value is -1.66. The van der Waals surface area contributed by atoms with Crippen LogP contribution in [-0.2, 0) is 15.1 Å². The number of fused-ring (bicyclic) bond motifs is 4. The highest BCUT2D eigenvalue weighted by Gasteiger charge is 2.53. The van der Waals surface area contributed by atoms with E-state index in [9.17, 15) is 9.90 Å². The molecule has 4 rings (SSSR count). The van der Waals surface area contributed by atoms with Crippen LogP contribution in [0.5, 0.6) is 0 Å². The number of nitrogens with zero attached hydrogens (tertiary/aromatic N) is 3. The molecule has 1 aliphatic carbocycles. The molecule has 7 heteroatoms. The van der Waals surface area contributed by atoms with E-state index < -0.39 is 17.5 Å². The molecule has 0 radical (unpaired) electrons. The molecule has 6 nitrogen and oxygen atoms in total. The van der Waals surface area contributed by atoms with Crippen LogP contribution in [-0.4, -0.2) is 32.3 Å². The van der Waals surface area contributed by atoms with Crippen LogP contribution in [0.4, 0.5) is 0 Å². The molecule has 19 heavy (non-hydrogen) atoms. The van der Waals surface area contributed by atoms with E-state index in [-0.39, 0.29) is 0 Å². The number of ether oxygens (including phenoxy) is 1. The van der Waals surface area contributed by atoms with E-state index >= 15 is 0 Å². The van der Waals surface area contributed by atoms with Gasteiger partial charge in [0.05, 0.1) is 18.2 Å². The van der Waals surface area contributed by atoms with E-state index in [0.717, 1.165) is 12.1 Å². The lowest BCUT2D eigenvalue weighted by Crippen LogP contribution is -2.40. The van der Waals surface area contributed by atoms with Gasteiger partial charge >= 0.3 is 5.97 Å². The second kappa shape index (κ2) is 3.46. The lowest BCUT2D eigenvalue weighted by atomic mass is 9.90. The average Bonchev–Trinajstić information content (AvgIpc) is 2.83. The molecular weight excluding hydrogens is 270 g/mol. The number of carbonyl (C=O) groups is 1. The standard InChI is InChI=1S/C12H10ClN3O3/c13-8-3-9-14-5-7-6(11(17)18)4-12(1-2-19-12)10(7)16(9)15-8/h3,5-6H,1-2,4H2,(H,17,18)/t6-,12-/m0/s1. The summed E-state index contributed by atoms with van der Waals surface area (Å²) in [5, 5.41) is 13.9. The smallest absolute Gasteiger partial charge is 0.311 e. The number of halogens is 1. The monoisotopic (exact) mass is 279 g/mol. The number of aliphatic carboxylic acids is 1. The molecule has 2 aromatic rings. The first kappa shape index (κ1) is 11.2. The van der Waals surface area contributed by atoms with Gasteiger partial charge in [-0.25, -0.2) is 9.50 Å². The summed E-state index contributed by atoms with van der Waals surface area (Å²) in [5.41, 5.74) is 1.56. The Morgan fingerprint density at radius 2 is 2.42 bits per heavy atom. The average molecular weight is 280 g/mol. The zero-order valence-corrected chi connectivity index (χ0v) is 10.6. The van der Waals surface area contributed by atoms with Gasteiger partial charge in [-0.1, -0.05) is 11.6 Å². The summed E-state index contributed by atoms with van der Waals surface area (Å²) in [7, 11) is 0. The highest BCUT2D eigenvalue weighted by Crippen LogP contribution is 2.52. The normalized spacial score (nSPS) is 28.6. The number of rotatable bonds is 1. The molecule has 1 fully saturated rings. The van der Waals surface area contributed by atoms with Crippen molar-refractivity contribution in [2.45, 2.75) is 24.4 Å². The summed E-state index contributed by atoms with van der Waals surface area (Å²) in [6.45, 7) is 0.643. The van der Waals surface area contributed by atoms with Gasteiger partial charge in [0.2, 0.25) is 0 Å². The van der Waals surface area contributed by atoms with Gasteiger partial charge < -0.3 is 9.84 Å². The molecule has 3 heterocycles. The summed E-state index contributed by atoms with van der Waals surface area (Å²) in [4.78, 5) is 15.6. The Morgan fingerprint density at radius 1 is 1.63 bits per heavy atom. The van der Waals surface area contributed by atoms with Crippen molar-refractivity contribution < 1.29 is 14.6 Å². The van der Waals surface area contributed by atoms with Gasteiger partial charge in [-0.15, -0.1) is 0 Å². The third-order valence-corrected chi connectivity index (χ3v) is 4.19. The quantitative estimate of drug-likeness (QED) is 0.857. The molecule has 0 saturated carbocycles. The molecular formula is C12H10ClN3O3. The molecule has 0 bridgehead atoms. The fraction of sp³-hybridized carbons (Fsp3) is 0.417. The fourth-order valence-electron chi connectivity index (χ4n) is 3.08. The van der Waals surface area contributed by atoms with Crippen LogP contribution >= 0.6 is 11.6 Å². The Balaban J connectivity index is 2.03. The fourth-order valence-corrected chi connectivity index (χ4v) is 3.26. The first-order valence-electron chi connectivity index (χ1n) is 6.02. The molecule has 2 atom stereocenters. The molecule has 0 unspecified atom stereocenters. The van der Waals surface area contributed by atoms with E-state index in [0.29, 0.717) is 29.4 Å². The number of carboxylic acids is 1. The maximum Gasteiger partial charge on any atom is 0.311 e. The second-order valence-electron chi connectivity index (χ2n) is 4.99. The molecule has 0 amide bonds. The van der Waals surface area contributed by atoms with Crippen LogP contribution in [0, 0.1) is 0 Å². The van der Waals surface area contributed by atoms with E-state index in [2.05, 4.69) is 10.1 Å². The Bertz CT molecular complexity index is 708. The summed E-state index contributed by atoms with van der Waals surface area (Å²) >= 11 is 5.91. The number of hydrogen-bond donors (Lipinski definition) is 1. The van der Waals surface area contributed by atoms with Crippen molar-refractivity contribution in [3.8, 4) is 0 Å². The SMILES string of the molecule is O=C(O)[C@H]1C[C@@]2(CCO2)c2c1cnc1cc(Cl)nn21. The molecule has 1 spiro atoms. The lowest BCUT2D eigenvalue weighted by molar-refractivity contribution is -0.163. The van der Waals surface area contributed by atoms with Crippen LogP contribution in [0.3, 0.4) is 0 Å². The summed E-state index contributed by atoms with van der Waals surface area (Å²) < 4.78 is 7.33. The van der Waals surface area contributed by atoms with Crippen molar-refractivity contribution in [2.24, 2.45) is 0 Å². The Labute approximate surface area is 113 Å². The lowest BCUT2D eigenvalue weighted by Gasteiger charge is -2.39. The summed E-state index contributed by atoms with van der Waals surface area (Å²) in [5.74, 6) is -1.44. The van der Waals surface area contributed by atoms with E-state index in [4.69, 9.17) is 16.3 Å². The van der Waals surface area contributed by atoms with Crippen molar-refractivity contribution in [1.29, 1.82) is 0 Å². The van der Waals surface area contributed by atoms with E-state index in [1.165, 1.54) is 0 Å². The molecule has 2 aromatic heterocycles. The molecule has 1 aliphatic heterocycles. The van der Waals surface area contributed by atoms with Crippen LogP contribution in [0.15, 0.2) is 12.3 Å². The van der Waals surface area contributed by atoms with Crippen LogP contribution in [0.1, 0.15) is 30.0 Å². The maximum absolute atomic E-state index is 11.4. The van der Waals surface area contributed by atoms with Crippen molar-refractivity contribution in [2.75, 3.05) is 6.61 Å². The van der Waals surface area contributed by atoms with E-state index in [1.807, 2.05) is 0 Å². The summed E-state index contributed by atoms with van der Waals surface area (Å²) in [6, 6.07) is 1.66. The molecule has 0 aromatic carbocycles. The Morgan fingerprint density at radius 3 is 3.05 bits per heavy atom. The topological polar surface area (TPSA) is 76.7 Å². The third kappa shape index (κ3) is 1.33. The predicted molar refractivity (Wildman–Crippen MR) is 65.2 cm³/mol. The molecule has 2 aliphatic rings. The van der Waals surface area contributed by atoms with Crippen LogP contribution < -0.4 is 0 Å². The van der Waals surface area contributed by atoms with Gasteiger partial charge in [-0.2, -0.15) is 5.10 Å². The van der Waals surface area contributed by atoms with Gasteiger partial charge in [0.1, 0.15) is 5.60 Å². The zero-order valence-electron chi connectivity index (χ0n) is 9.84. The summed E-state index contributed by atoms with van der Waals surface area (Å²) in [6.07, 6.45) is 2.86. The number of carboxylic acid groups (broad SMARTS) is 1. The Kier molecular flexibility index (Phi) is 2.04. The first-order valence-corrected chi connectivity index (χ1v) is 6.40. The van der Waals surface area contributed by atoms with Crippen LogP contribution in [0.25, 0.3) is 5.65 Å². The zero-order chi connectivity index (χ0) is 13.2. The predicted octanol–water partition coefficient (Wildman–Crippen LogP) is 1.57. The number of aromatic nitrogens is 3. The third-order valence-electron chi connectivity index (χ3n) is 4.01. The van der Waals surface area contributed by atoms with Gasteiger partial charge in [-0.3, -0.25) is 4.79 Å². The highest BCUT2D eigenvalue weighted by atomic mass is 35.5. The van der Waals surface area contributed by atoms with Gasteiger partial charge in [0.25, 0.3) is 0 Å². The van der Waals surface area contributed by atoms with Crippen molar-refractivity contribution in [3.05, 3.63) is 28.7 Å². The first-order chi connectivity index (χ1) is 9.11. The second-order valence-corrected chi connectivity index (χ2v) is 5.37. The molecule has 1 N–H and O–H groups in total. The van der Waals surface area contributed by atoms with Gasteiger partial charge in [0.15, 0.2) is 10.8 Å². The minimum absolute atomic E-state index is 0.342. The number of hydrogen-bond acceptors (Lipinski definition) is 4. The van der Waals surface area contributed by atoms with Crippen molar-refractivity contribution in [1.82, 2.24) is 14.6 Å². The van der Waals surface area contributed by atoms with Crippen molar-refractivity contribution >= 4 is 23.2 Å². The maximum atomic E-state index is 11.4. The van der Waals surface area contributed by atoms with Gasteiger partial charge in [0, 0.05) is 24.2 Å². The molecule has 1 saturated heterocycles. The molecule has 98 valence electrons. The van der Waals surface area contributed by atoms with Gasteiger partial charge in [-0.05, 0) is 6.42 Å². The minimum atomic E-state index is -0.854. The van der Waals surface area contributed by atoms with Crippen molar-refractivity contribution in [3.63, 3.8) is 0 Å². The highest BCUT2D eigenvalue weighted by molar-refractivity contribution is 6.29. The minimum Gasteiger partial charge on any atom is -0.481 e. The van der Waals surface area contributed by atoms with E-state index in [1.54, 1.807) is 16.8 Å². The largest absolute Gasteiger partial charge is 0.481 e. The van der Waals surface area contributed by atoms with Crippen LogP contribution in [0.2, 0.25) is 5.15 Å².